The van der Waals surface area contributed by atoms with Gasteiger partial charge in [-0.1, -0.05) is 35.8 Å². The molecule has 2 N–H and O–H groups in total. The zero-order chi connectivity index (χ0) is 12.4. The molecular formula is C14H21BrN2. The molecule has 2 rings (SSSR count). The fraction of sp³-hybridized carbons (Fsp3) is 0.571. The Morgan fingerprint density at radius 1 is 1.29 bits per heavy atom. The highest BCUT2D eigenvalue weighted by atomic mass is 79.9. The van der Waals surface area contributed by atoms with Crippen molar-refractivity contribution in [3.8, 4) is 0 Å². The lowest BCUT2D eigenvalue weighted by Gasteiger charge is -2.37. The summed E-state index contributed by atoms with van der Waals surface area (Å²) in [5.74, 6) is 1.53. The summed E-state index contributed by atoms with van der Waals surface area (Å²) in [4.78, 5) is 2.49. The lowest BCUT2D eigenvalue weighted by atomic mass is 9.91. The molecule has 0 bridgehead atoms. The number of anilines is 1. The second kappa shape index (κ2) is 5.40. The molecule has 1 aromatic carbocycles. The van der Waals surface area contributed by atoms with Gasteiger partial charge in [0.1, 0.15) is 0 Å². The van der Waals surface area contributed by atoms with Crippen LogP contribution < -0.4 is 10.6 Å². The van der Waals surface area contributed by atoms with Gasteiger partial charge in [0, 0.05) is 29.8 Å². The Kier molecular flexibility index (Phi) is 4.10. The monoisotopic (exact) mass is 296 g/mol. The maximum atomic E-state index is 5.83. The highest BCUT2D eigenvalue weighted by Gasteiger charge is 2.23. The molecule has 2 unspecified atom stereocenters. The standard InChI is InChI=1S/C14H21BrN2/c1-10-5-11(2)9-17(8-10)14-6-13(15)4-3-12(14)7-16/h3-4,6,10-11H,5,7-9,16H2,1-2H3. The van der Waals surface area contributed by atoms with Crippen molar-refractivity contribution in [3.05, 3.63) is 28.2 Å². The van der Waals surface area contributed by atoms with Crippen LogP contribution in [-0.4, -0.2) is 13.1 Å². The number of halogens is 1. The Bertz CT molecular complexity index is 382. The van der Waals surface area contributed by atoms with Gasteiger partial charge < -0.3 is 10.6 Å². The van der Waals surface area contributed by atoms with Crippen molar-refractivity contribution in [2.45, 2.75) is 26.8 Å². The van der Waals surface area contributed by atoms with Gasteiger partial charge in [-0.25, -0.2) is 0 Å². The van der Waals surface area contributed by atoms with Gasteiger partial charge in [-0.15, -0.1) is 0 Å². The van der Waals surface area contributed by atoms with Crippen molar-refractivity contribution < 1.29 is 0 Å². The third kappa shape index (κ3) is 3.02. The minimum Gasteiger partial charge on any atom is -0.371 e. The molecule has 1 heterocycles. The van der Waals surface area contributed by atoms with Gasteiger partial charge >= 0.3 is 0 Å². The summed E-state index contributed by atoms with van der Waals surface area (Å²) in [5.41, 5.74) is 8.39. The van der Waals surface area contributed by atoms with E-state index < -0.39 is 0 Å². The third-order valence-electron chi connectivity index (χ3n) is 3.48. The number of piperidine rings is 1. The van der Waals surface area contributed by atoms with Crippen LogP contribution in [0.3, 0.4) is 0 Å². The molecule has 1 aromatic rings. The first kappa shape index (κ1) is 12.9. The molecule has 1 aliphatic rings. The normalized spacial score (nSPS) is 25.1. The van der Waals surface area contributed by atoms with Crippen molar-refractivity contribution >= 4 is 21.6 Å². The van der Waals surface area contributed by atoms with Gasteiger partial charge in [-0.3, -0.25) is 0 Å². The Hall–Kier alpha value is -0.540. The van der Waals surface area contributed by atoms with Crippen molar-refractivity contribution in [1.82, 2.24) is 0 Å². The molecular weight excluding hydrogens is 276 g/mol. The van der Waals surface area contributed by atoms with Gasteiger partial charge in [0.2, 0.25) is 0 Å². The fourth-order valence-corrected chi connectivity index (χ4v) is 3.21. The van der Waals surface area contributed by atoms with Crippen LogP contribution in [0.4, 0.5) is 5.69 Å². The molecule has 1 fully saturated rings. The molecule has 2 atom stereocenters. The molecule has 0 aromatic heterocycles. The highest BCUT2D eigenvalue weighted by Crippen LogP contribution is 2.30. The number of nitrogens with zero attached hydrogens (tertiary/aromatic N) is 1. The molecule has 0 aliphatic carbocycles. The van der Waals surface area contributed by atoms with E-state index in [2.05, 4.69) is 52.9 Å². The number of nitrogens with two attached hydrogens (primary N) is 1. The Labute approximate surface area is 112 Å². The predicted octanol–water partition coefficient (Wildman–Crippen LogP) is 3.39. The molecule has 1 saturated heterocycles. The van der Waals surface area contributed by atoms with Crippen LogP contribution in [0.5, 0.6) is 0 Å². The number of benzene rings is 1. The third-order valence-corrected chi connectivity index (χ3v) is 3.97. The topological polar surface area (TPSA) is 29.3 Å². The molecule has 2 nitrogen and oxygen atoms in total. The zero-order valence-corrected chi connectivity index (χ0v) is 12.2. The van der Waals surface area contributed by atoms with Crippen LogP contribution in [0.2, 0.25) is 0 Å². The summed E-state index contributed by atoms with van der Waals surface area (Å²) >= 11 is 3.55. The molecule has 0 amide bonds. The highest BCUT2D eigenvalue weighted by molar-refractivity contribution is 9.10. The van der Waals surface area contributed by atoms with Crippen LogP contribution in [-0.2, 0) is 6.54 Å². The fourth-order valence-electron chi connectivity index (χ4n) is 2.86. The minimum atomic E-state index is 0.613. The van der Waals surface area contributed by atoms with Gasteiger partial charge in [-0.05, 0) is 36.0 Å². The van der Waals surface area contributed by atoms with E-state index in [0.717, 1.165) is 29.4 Å². The molecule has 94 valence electrons. The van der Waals surface area contributed by atoms with Gasteiger partial charge in [-0.2, -0.15) is 0 Å². The number of hydrogen-bond acceptors (Lipinski definition) is 2. The van der Waals surface area contributed by atoms with Gasteiger partial charge in [0.25, 0.3) is 0 Å². The van der Waals surface area contributed by atoms with E-state index in [1.165, 1.54) is 17.7 Å². The first-order valence-electron chi connectivity index (χ1n) is 6.33. The maximum absolute atomic E-state index is 5.83. The van der Waals surface area contributed by atoms with Crippen LogP contribution >= 0.6 is 15.9 Å². The summed E-state index contributed by atoms with van der Waals surface area (Å²) in [7, 11) is 0. The van der Waals surface area contributed by atoms with Crippen molar-refractivity contribution in [1.29, 1.82) is 0 Å². The summed E-state index contributed by atoms with van der Waals surface area (Å²) in [6, 6.07) is 6.40. The lowest BCUT2D eigenvalue weighted by molar-refractivity contribution is 0.356. The summed E-state index contributed by atoms with van der Waals surface area (Å²) < 4.78 is 1.13. The lowest BCUT2D eigenvalue weighted by Crippen LogP contribution is -2.39. The quantitative estimate of drug-likeness (QED) is 0.906. The molecule has 1 aliphatic heterocycles. The Morgan fingerprint density at radius 3 is 2.53 bits per heavy atom. The Morgan fingerprint density at radius 2 is 1.94 bits per heavy atom. The van der Waals surface area contributed by atoms with E-state index in [9.17, 15) is 0 Å². The molecule has 0 spiro atoms. The number of rotatable bonds is 2. The Balaban J connectivity index is 2.28. The van der Waals surface area contributed by atoms with E-state index >= 15 is 0 Å². The predicted molar refractivity (Wildman–Crippen MR) is 77.2 cm³/mol. The van der Waals surface area contributed by atoms with Gasteiger partial charge in [0.15, 0.2) is 0 Å². The van der Waals surface area contributed by atoms with E-state index in [0.29, 0.717) is 6.54 Å². The van der Waals surface area contributed by atoms with Crippen LogP contribution in [0, 0.1) is 11.8 Å². The average Bonchev–Trinajstić information content (AvgIpc) is 2.27. The molecule has 3 heteroatoms. The minimum absolute atomic E-state index is 0.613. The second-order valence-electron chi connectivity index (χ2n) is 5.33. The second-order valence-corrected chi connectivity index (χ2v) is 6.24. The molecule has 17 heavy (non-hydrogen) atoms. The smallest absolute Gasteiger partial charge is 0.0423 e. The van der Waals surface area contributed by atoms with Crippen molar-refractivity contribution in [2.24, 2.45) is 17.6 Å². The SMILES string of the molecule is CC1CC(C)CN(c2cc(Br)ccc2CN)C1. The van der Waals surface area contributed by atoms with E-state index in [1.54, 1.807) is 0 Å². The first-order chi connectivity index (χ1) is 8.10. The van der Waals surface area contributed by atoms with Crippen LogP contribution in [0.15, 0.2) is 22.7 Å². The summed E-state index contributed by atoms with van der Waals surface area (Å²) in [5, 5.41) is 0. The first-order valence-corrected chi connectivity index (χ1v) is 7.13. The van der Waals surface area contributed by atoms with E-state index in [4.69, 9.17) is 5.73 Å². The zero-order valence-electron chi connectivity index (χ0n) is 10.6. The van der Waals surface area contributed by atoms with Crippen LogP contribution in [0.25, 0.3) is 0 Å². The molecule has 0 radical (unpaired) electrons. The van der Waals surface area contributed by atoms with Crippen LogP contribution in [0.1, 0.15) is 25.8 Å². The number of hydrogen-bond donors (Lipinski definition) is 1. The largest absolute Gasteiger partial charge is 0.371 e. The summed E-state index contributed by atoms with van der Waals surface area (Å²) in [6.07, 6.45) is 1.34. The maximum Gasteiger partial charge on any atom is 0.0423 e. The van der Waals surface area contributed by atoms with Gasteiger partial charge in [0.05, 0.1) is 0 Å². The van der Waals surface area contributed by atoms with E-state index in [-0.39, 0.29) is 0 Å². The molecule has 0 saturated carbocycles. The van der Waals surface area contributed by atoms with E-state index in [1.807, 2.05) is 0 Å². The average molecular weight is 297 g/mol. The van der Waals surface area contributed by atoms with Crippen molar-refractivity contribution in [2.75, 3.05) is 18.0 Å². The summed E-state index contributed by atoms with van der Waals surface area (Å²) in [6.45, 7) is 7.58. The van der Waals surface area contributed by atoms with Crippen molar-refractivity contribution in [3.63, 3.8) is 0 Å².